The van der Waals surface area contributed by atoms with Crippen molar-refractivity contribution in [2.24, 2.45) is 0 Å². The van der Waals surface area contributed by atoms with Crippen LogP contribution in [0.2, 0.25) is 0 Å². The van der Waals surface area contributed by atoms with Crippen LogP contribution in [0.1, 0.15) is 44.7 Å². The molecule has 2 fully saturated rings. The average molecular weight is 366 g/mol. The van der Waals surface area contributed by atoms with Crippen molar-refractivity contribution < 1.29 is 9.53 Å². The van der Waals surface area contributed by atoms with Gasteiger partial charge in [0, 0.05) is 48.9 Å². The highest BCUT2D eigenvalue weighted by molar-refractivity contribution is 5.95. The molecule has 142 valence electrons. The van der Waals surface area contributed by atoms with Gasteiger partial charge in [-0.2, -0.15) is 5.10 Å². The molecule has 0 spiro atoms. The highest BCUT2D eigenvalue weighted by Crippen LogP contribution is 2.44. The van der Waals surface area contributed by atoms with E-state index in [4.69, 9.17) is 4.74 Å². The molecule has 2 aromatic rings. The van der Waals surface area contributed by atoms with Crippen LogP contribution in [0.4, 0.5) is 5.69 Å². The van der Waals surface area contributed by atoms with Gasteiger partial charge in [-0.25, -0.2) is 0 Å². The Bertz CT molecular complexity index is 882. The Morgan fingerprint density at radius 2 is 2.07 bits per heavy atom. The van der Waals surface area contributed by atoms with Crippen LogP contribution in [0.15, 0.2) is 24.5 Å². The van der Waals surface area contributed by atoms with E-state index in [0.29, 0.717) is 6.04 Å². The third-order valence-electron chi connectivity index (χ3n) is 5.95. The molecule has 1 saturated heterocycles. The zero-order chi connectivity index (χ0) is 18.5. The molecule has 3 aliphatic rings. The Labute approximate surface area is 159 Å². The van der Waals surface area contributed by atoms with Gasteiger partial charge < -0.3 is 15.0 Å². The Kier molecular flexibility index (Phi) is 3.97. The fourth-order valence-corrected chi connectivity index (χ4v) is 4.17. The van der Waals surface area contributed by atoms with Crippen molar-refractivity contribution in [1.82, 2.24) is 15.1 Å². The second-order valence-corrected chi connectivity index (χ2v) is 8.05. The lowest BCUT2D eigenvalue weighted by Crippen LogP contribution is -2.50. The molecular weight excluding hydrogens is 340 g/mol. The van der Waals surface area contributed by atoms with Crippen LogP contribution in [0, 0.1) is 0 Å². The summed E-state index contributed by atoms with van der Waals surface area (Å²) in [4.78, 5) is 14.2. The molecule has 1 atom stereocenters. The molecule has 6 heteroatoms. The average Bonchev–Trinajstić information content (AvgIpc) is 3.34. The van der Waals surface area contributed by atoms with Crippen molar-refractivity contribution in [2.45, 2.75) is 57.7 Å². The maximum atomic E-state index is 12.3. The number of nitrogens with zero attached hydrogens (tertiary/aromatic N) is 3. The smallest absolute Gasteiger partial charge is 0.224 e. The first kappa shape index (κ1) is 16.8. The van der Waals surface area contributed by atoms with E-state index >= 15 is 0 Å². The monoisotopic (exact) mass is 366 g/mol. The molecule has 0 bridgehead atoms. The van der Waals surface area contributed by atoms with E-state index in [1.165, 1.54) is 12.8 Å². The van der Waals surface area contributed by atoms with E-state index in [1.807, 2.05) is 11.1 Å². The summed E-state index contributed by atoms with van der Waals surface area (Å²) in [7, 11) is 0. The van der Waals surface area contributed by atoms with Gasteiger partial charge in [-0.3, -0.25) is 9.48 Å². The maximum Gasteiger partial charge on any atom is 0.224 e. The van der Waals surface area contributed by atoms with Crippen LogP contribution in [-0.2, 0) is 11.2 Å². The normalized spacial score (nSPS) is 22.3. The predicted molar refractivity (Wildman–Crippen MR) is 104 cm³/mol. The molecule has 1 aromatic carbocycles. The van der Waals surface area contributed by atoms with Crippen molar-refractivity contribution in [3.63, 3.8) is 0 Å². The van der Waals surface area contributed by atoms with Crippen LogP contribution in [0.25, 0.3) is 11.1 Å². The van der Waals surface area contributed by atoms with Crippen molar-refractivity contribution in [1.29, 1.82) is 0 Å². The number of carbonyl (C=O) groups is 1. The molecule has 2 aliphatic heterocycles. The van der Waals surface area contributed by atoms with Gasteiger partial charge in [-0.05, 0) is 44.7 Å². The topological polar surface area (TPSA) is 59.4 Å². The van der Waals surface area contributed by atoms with Gasteiger partial charge in [-0.15, -0.1) is 0 Å². The maximum absolute atomic E-state index is 12.3. The summed E-state index contributed by atoms with van der Waals surface area (Å²) in [5.41, 5.74) is 4.35. The molecule has 1 saturated carbocycles. The number of ether oxygens (including phenoxy) is 1. The first-order valence-corrected chi connectivity index (χ1v) is 9.99. The number of rotatable bonds is 4. The van der Waals surface area contributed by atoms with E-state index in [0.717, 1.165) is 54.1 Å². The summed E-state index contributed by atoms with van der Waals surface area (Å²) >= 11 is 0. The van der Waals surface area contributed by atoms with Gasteiger partial charge in [0.25, 0.3) is 0 Å². The number of aromatic nitrogens is 2. The summed E-state index contributed by atoms with van der Waals surface area (Å²) in [6.45, 7) is 5.51. The minimum atomic E-state index is 0.0917. The zero-order valence-electron chi connectivity index (χ0n) is 15.9. The Morgan fingerprint density at radius 1 is 1.26 bits per heavy atom. The number of amides is 1. The van der Waals surface area contributed by atoms with Crippen molar-refractivity contribution in [3.8, 4) is 16.9 Å². The van der Waals surface area contributed by atoms with Gasteiger partial charge in [0.15, 0.2) is 0 Å². The van der Waals surface area contributed by atoms with Gasteiger partial charge in [0.1, 0.15) is 11.9 Å². The summed E-state index contributed by atoms with van der Waals surface area (Å²) in [6.07, 6.45) is 8.59. The van der Waals surface area contributed by atoms with Gasteiger partial charge in [0.2, 0.25) is 5.91 Å². The number of anilines is 1. The molecule has 3 heterocycles. The van der Waals surface area contributed by atoms with Crippen molar-refractivity contribution in [3.05, 3.63) is 30.1 Å². The van der Waals surface area contributed by atoms with E-state index < -0.39 is 0 Å². The molecule has 1 N–H and O–H groups in total. The zero-order valence-corrected chi connectivity index (χ0v) is 15.9. The molecule has 0 unspecified atom stereocenters. The van der Waals surface area contributed by atoms with Crippen LogP contribution >= 0.6 is 0 Å². The predicted octanol–water partition coefficient (Wildman–Crippen LogP) is 2.92. The van der Waals surface area contributed by atoms with Gasteiger partial charge in [0.05, 0.1) is 17.9 Å². The Balaban J connectivity index is 1.60. The van der Waals surface area contributed by atoms with Gasteiger partial charge in [-0.1, -0.05) is 0 Å². The summed E-state index contributed by atoms with van der Waals surface area (Å²) in [5.74, 6) is 1.03. The summed E-state index contributed by atoms with van der Waals surface area (Å²) in [6, 6.07) is 4.97. The highest BCUT2D eigenvalue weighted by atomic mass is 16.5. The third-order valence-corrected chi connectivity index (χ3v) is 5.95. The minimum absolute atomic E-state index is 0.0917. The van der Waals surface area contributed by atoms with Crippen molar-refractivity contribution in [2.75, 3.05) is 18.0 Å². The minimum Gasteiger partial charge on any atom is -0.487 e. The summed E-state index contributed by atoms with van der Waals surface area (Å²) in [5, 5.41) is 7.84. The summed E-state index contributed by atoms with van der Waals surface area (Å²) < 4.78 is 8.52. The number of fused-ring (bicyclic) bond motifs is 1. The van der Waals surface area contributed by atoms with Crippen LogP contribution < -0.4 is 15.0 Å². The van der Waals surface area contributed by atoms with Gasteiger partial charge >= 0.3 is 0 Å². The second-order valence-electron chi connectivity index (χ2n) is 8.05. The Hall–Kier alpha value is -2.34. The van der Waals surface area contributed by atoms with E-state index in [-0.39, 0.29) is 18.1 Å². The fraction of sp³-hybridized carbons (Fsp3) is 0.524. The molecule has 27 heavy (non-hydrogen) atoms. The number of hydrogen-bond donors (Lipinski definition) is 1. The first-order valence-electron chi connectivity index (χ1n) is 9.99. The number of benzene rings is 1. The molecule has 0 radical (unpaired) electrons. The highest BCUT2D eigenvalue weighted by Gasteiger charge is 2.32. The van der Waals surface area contributed by atoms with E-state index in [1.54, 1.807) is 6.92 Å². The first-order chi connectivity index (χ1) is 13.1. The van der Waals surface area contributed by atoms with E-state index in [9.17, 15) is 4.79 Å². The Morgan fingerprint density at radius 3 is 2.74 bits per heavy atom. The molecular formula is C21H26N4O2. The molecule has 1 amide bonds. The van der Waals surface area contributed by atoms with Crippen LogP contribution in [-0.4, -0.2) is 40.9 Å². The quantitative estimate of drug-likeness (QED) is 0.904. The van der Waals surface area contributed by atoms with Crippen molar-refractivity contribution >= 4 is 11.6 Å². The largest absolute Gasteiger partial charge is 0.487 e. The molecule has 1 aliphatic carbocycles. The van der Waals surface area contributed by atoms with E-state index in [2.05, 4.69) is 40.4 Å². The number of carbonyl (C=O) groups excluding carboxylic acids is 1. The lowest BCUT2D eigenvalue weighted by atomic mass is 9.92. The molecule has 5 rings (SSSR count). The lowest BCUT2D eigenvalue weighted by Gasteiger charge is -2.37. The fourth-order valence-electron chi connectivity index (χ4n) is 4.17. The second kappa shape index (κ2) is 6.37. The van der Waals surface area contributed by atoms with Crippen LogP contribution in [0.3, 0.4) is 0 Å². The van der Waals surface area contributed by atoms with Crippen LogP contribution in [0.5, 0.6) is 5.75 Å². The number of hydrogen-bond acceptors (Lipinski definition) is 4. The molecule has 1 aromatic heterocycles. The lowest BCUT2D eigenvalue weighted by molar-refractivity contribution is -0.117. The SMILES string of the molecule is CC(=O)N1c2ccc(-c3cnn(C4CC4)c3)c(OC3CNC3)c2CC[C@@H]1C. The number of nitrogens with one attached hydrogen (secondary N) is 1. The third kappa shape index (κ3) is 2.92. The molecule has 6 nitrogen and oxygen atoms in total. The standard InChI is InChI=1S/C21H26N4O2/c1-13-3-6-19-20(25(13)14(2)26)8-7-18(21(19)27-17-10-22-11-17)15-9-23-24(12-15)16-4-5-16/h7-9,12-13,16-17,22H,3-6,10-11H2,1-2H3/t13-/m0/s1.